The van der Waals surface area contributed by atoms with Crippen LogP contribution in [-0.2, 0) is 12.6 Å². The van der Waals surface area contributed by atoms with Gasteiger partial charge in [0.2, 0.25) is 0 Å². The average Bonchev–Trinajstić information content (AvgIpc) is 2.17. The van der Waals surface area contributed by atoms with Gasteiger partial charge in [-0.15, -0.1) is 0 Å². The molecule has 0 aliphatic heterocycles. The summed E-state index contributed by atoms with van der Waals surface area (Å²) >= 11 is 3.93. The van der Waals surface area contributed by atoms with Crippen LogP contribution in [0.4, 0.5) is 13.2 Å². The molecule has 0 spiro atoms. The fraction of sp³-hybridized carbons (Fsp3) is 0.300. The minimum Gasteiger partial charge on any atom is -0.298 e. The number of hydrogen-bond donors (Lipinski definition) is 1. The van der Waals surface area contributed by atoms with E-state index in [0.717, 1.165) is 12.1 Å². The van der Waals surface area contributed by atoms with Gasteiger partial charge >= 0.3 is 6.18 Å². The fourth-order valence-corrected chi connectivity index (χ4v) is 1.47. The summed E-state index contributed by atoms with van der Waals surface area (Å²) in [7, 11) is 0. The Bertz CT molecular complexity index is 360. The molecule has 0 aliphatic carbocycles. The zero-order valence-electron chi connectivity index (χ0n) is 7.71. The number of carbonyl (C=O) groups is 1. The monoisotopic (exact) mass is 234 g/mol. The molecule has 1 aromatic rings. The van der Waals surface area contributed by atoms with Gasteiger partial charge < -0.3 is 0 Å². The van der Waals surface area contributed by atoms with E-state index in [1.54, 1.807) is 0 Å². The molecule has 0 bridgehead atoms. The molecule has 82 valence electrons. The molecule has 5 heteroatoms. The van der Waals surface area contributed by atoms with Crippen LogP contribution in [0.1, 0.15) is 21.5 Å². The predicted molar refractivity (Wildman–Crippen MR) is 54.4 cm³/mol. The van der Waals surface area contributed by atoms with Crippen molar-refractivity contribution < 1.29 is 18.0 Å². The number of aldehydes is 1. The summed E-state index contributed by atoms with van der Waals surface area (Å²) in [5, 5.41) is 0. The van der Waals surface area contributed by atoms with E-state index in [-0.39, 0.29) is 5.56 Å². The van der Waals surface area contributed by atoms with Crippen molar-refractivity contribution in [2.24, 2.45) is 0 Å². The first-order valence-electron chi connectivity index (χ1n) is 4.25. The van der Waals surface area contributed by atoms with Crippen molar-refractivity contribution in [1.82, 2.24) is 0 Å². The highest BCUT2D eigenvalue weighted by atomic mass is 32.1. The van der Waals surface area contributed by atoms with E-state index in [1.807, 2.05) is 0 Å². The first kappa shape index (κ1) is 12.1. The fourth-order valence-electron chi connectivity index (χ4n) is 1.23. The maximum atomic E-state index is 12.3. The van der Waals surface area contributed by atoms with Crippen molar-refractivity contribution >= 4 is 18.9 Å². The molecule has 0 saturated carbocycles. The van der Waals surface area contributed by atoms with E-state index in [2.05, 4.69) is 12.6 Å². The molecule has 0 amide bonds. The molecule has 0 radical (unpaired) electrons. The quantitative estimate of drug-likeness (QED) is 0.628. The van der Waals surface area contributed by atoms with Crippen LogP contribution in [-0.4, -0.2) is 12.0 Å². The number of halogens is 3. The zero-order valence-corrected chi connectivity index (χ0v) is 8.61. The van der Waals surface area contributed by atoms with Gasteiger partial charge in [-0.2, -0.15) is 25.8 Å². The zero-order chi connectivity index (χ0) is 11.5. The summed E-state index contributed by atoms with van der Waals surface area (Å²) in [4.78, 5) is 10.6. The molecule has 0 atom stereocenters. The SMILES string of the molecule is O=Cc1ccc(C(F)(F)F)cc1CCS. The lowest BCUT2D eigenvalue weighted by molar-refractivity contribution is -0.137. The number of benzene rings is 1. The van der Waals surface area contributed by atoms with E-state index in [1.165, 1.54) is 6.07 Å². The minimum atomic E-state index is -4.37. The summed E-state index contributed by atoms with van der Waals surface area (Å²) in [5.74, 6) is 0.405. The van der Waals surface area contributed by atoms with Crippen molar-refractivity contribution in [1.29, 1.82) is 0 Å². The summed E-state index contributed by atoms with van der Waals surface area (Å²) in [5.41, 5.74) is -0.0586. The molecule has 15 heavy (non-hydrogen) atoms. The van der Waals surface area contributed by atoms with Crippen LogP contribution >= 0.6 is 12.6 Å². The minimum absolute atomic E-state index is 0.289. The smallest absolute Gasteiger partial charge is 0.298 e. The first-order chi connectivity index (χ1) is 6.99. The second-order valence-corrected chi connectivity index (χ2v) is 3.45. The van der Waals surface area contributed by atoms with Crippen molar-refractivity contribution in [3.63, 3.8) is 0 Å². The van der Waals surface area contributed by atoms with Gasteiger partial charge in [-0.05, 0) is 29.9 Å². The maximum absolute atomic E-state index is 12.3. The molecule has 0 N–H and O–H groups in total. The number of aryl methyl sites for hydroxylation is 1. The summed E-state index contributed by atoms with van der Waals surface area (Å²) in [6.45, 7) is 0. The largest absolute Gasteiger partial charge is 0.416 e. The van der Waals surface area contributed by atoms with Crippen LogP contribution in [0.3, 0.4) is 0 Å². The van der Waals surface area contributed by atoms with Crippen molar-refractivity contribution in [3.05, 3.63) is 34.9 Å². The van der Waals surface area contributed by atoms with Crippen LogP contribution < -0.4 is 0 Å². The van der Waals surface area contributed by atoms with Gasteiger partial charge in [-0.1, -0.05) is 6.07 Å². The Morgan fingerprint density at radius 3 is 2.47 bits per heavy atom. The Labute approximate surface area is 90.7 Å². The highest BCUT2D eigenvalue weighted by Gasteiger charge is 2.30. The highest BCUT2D eigenvalue weighted by molar-refractivity contribution is 7.80. The average molecular weight is 234 g/mol. The van der Waals surface area contributed by atoms with Gasteiger partial charge in [0.15, 0.2) is 0 Å². The van der Waals surface area contributed by atoms with Gasteiger partial charge in [-0.3, -0.25) is 4.79 Å². The molecule has 0 aromatic heterocycles. The van der Waals surface area contributed by atoms with Crippen LogP contribution in [0.15, 0.2) is 18.2 Å². The molecule has 1 nitrogen and oxygen atoms in total. The lowest BCUT2D eigenvalue weighted by Crippen LogP contribution is -2.07. The van der Waals surface area contributed by atoms with Gasteiger partial charge in [0.25, 0.3) is 0 Å². The van der Waals surface area contributed by atoms with Gasteiger partial charge in [0, 0.05) is 5.56 Å². The Morgan fingerprint density at radius 2 is 2.00 bits per heavy atom. The highest BCUT2D eigenvalue weighted by Crippen LogP contribution is 2.30. The molecule has 0 saturated heterocycles. The van der Waals surface area contributed by atoms with Crippen molar-refractivity contribution in [2.75, 3.05) is 5.75 Å². The van der Waals surface area contributed by atoms with Gasteiger partial charge in [0.1, 0.15) is 6.29 Å². The van der Waals surface area contributed by atoms with Crippen LogP contribution in [0.5, 0.6) is 0 Å². The third-order valence-corrected chi connectivity index (χ3v) is 2.20. The Hall–Kier alpha value is -0.970. The number of rotatable bonds is 3. The van der Waals surface area contributed by atoms with E-state index >= 15 is 0 Å². The van der Waals surface area contributed by atoms with Crippen LogP contribution in [0.2, 0.25) is 0 Å². The number of thiol groups is 1. The normalized spacial score (nSPS) is 11.5. The predicted octanol–water partition coefficient (Wildman–Crippen LogP) is 2.99. The molecule has 0 unspecified atom stereocenters. The van der Waals surface area contributed by atoms with Crippen LogP contribution in [0, 0.1) is 0 Å². The molecule has 0 aliphatic rings. The summed E-state index contributed by atoms with van der Waals surface area (Å²) in [6, 6.07) is 3.10. The summed E-state index contributed by atoms with van der Waals surface area (Å²) in [6.07, 6.45) is -3.47. The second-order valence-electron chi connectivity index (χ2n) is 3.00. The van der Waals surface area contributed by atoms with Gasteiger partial charge in [0.05, 0.1) is 5.56 Å². The number of hydrogen-bond acceptors (Lipinski definition) is 2. The van der Waals surface area contributed by atoms with E-state index < -0.39 is 11.7 Å². The Kier molecular flexibility index (Phi) is 3.79. The van der Waals surface area contributed by atoms with Crippen molar-refractivity contribution in [3.8, 4) is 0 Å². The first-order valence-corrected chi connectivity index (χ1v) is 4.88. The number of alkyl halides is 3. The molecule has 1 rings (SSSR count). The van der Waals surface area contributed by atoms with E-state index in [0.29, 0.717) is 24.0 Å². The van der Waals surface area contributed by atoms with E-state index in [4.69, 9.17) is 0 Å². The van der Waals surface area contributed by atoms with Gasteiger partial charge in [-0.25, -0.2) is 0 Å². The second kappa shape index (κ2) is 4.70. The summed E-state index contributed by atoms with van der Waals surface area (Å²) < 4.78 is 37.0. The molecular weight excluding hydrogens is 225 g/mol. The molecule has 0 fully saturated rings. The Morgan fingerprint density at radius 1 is 1.33 bits per heavy atom. The third kappa shape index (κ3) is 2.99. The molecule has 0 heterocycles. The molecular formula is C10H9F3OS. The topological polar surface area (TPSA) is 17.1 Å². The number of carbonyl (C=O) groups excluding carboxylic acids is 1. The standard InChI is InChI=1S/C10H9F3OS/c11-10(12,13)9-2-1-8(6-14)7(5-9)3-4-15/h1-2,5-6,15H,3-4H2. The lowest BCUT2D eigenvalue weighted by atomic mass is 10.0. The van der Waals surface area contributed by atoms with E-state index in [9.17, 15) is 18.0 Å². The third-order valence-electron chi connectivity index (χ3n) is 1.98. The van der Waals surface area contributed by atoms with Crippen LogP contribution in [0.25, 0.3) is 0 Å². The lowest BCUT2D eigenvalue weighted by Gasteiger charge is -2.09. The van der Waals surface area contributed by atoms with Crippen molar-refractivity contribution in [2.45, 2.75) is 12.6 Å². The Balaban J connectivity index is 3.15. The molecule has 1 aromatic carbocycles. The maximum Gasteiger partial charge on any atom is 0.416 e.